The molecule has 1 amide bonds. The minimum absolute atomic E-state index is 0.0282. The molecule has 1 aromatic rings. The lowest BCUT2D eigenvalue weighted by Crippen LogP contribution is -2.51. The zero-order chi connectivity index (χ0) is 15.5. The SMILES string of the molecule is CC(C(=O)Nc1ccc(Cl)cc1)N1CCCC(C)(CO)C1. The number of amides is 1. The first kappa shape index (κ1) is 16.3. The largest absolute Gasteiger partial charge is 0.396 e. The topological polar surface area (TPSA) is 52.6 Å². The number of piperidine rings is 1. The average Bonchev–Trinajstić information content (AvgIpc) is 2.49. The summed E-state index contributed by atoms with van der Waals surface area (Å²) in [6.07, 6.45) is 2.02. The number of benzene rings is 1. The molecule has 21 heavy (non-hydrogen) atoms. The lowest BCUT2D eigenvalue weighted by atomic mass is 9.82. The second-order valence-corrected chi connectivity index (χ2v) is 6.65. The normalized spacial score (nSPS) is 24.6. The van der Waals surface area contributed by atoms with Gasteiger partial charge in [-0.3, -0.25) is 9.69 Å². The molecule has 0 aliphatic carbocycles. The van der Waals surface area contributed by atoms with Crippen molar-refractivity contribution in [1.29, 1.82) is 0 Å². The van der Waals surface area contributed by atoms with Crippen LogP contribution in [0.4, 0.5) is 5.69 Å². The molecule has 116 valence electrons. The van der Waals surface area contributed by atoms with Gasteiger partial charge in [0.05, 0.1) is 6.04 Å². The second-order valence-electron chi connectivity index (χ2n) is 6.21. The highest BCUT2D eigenvalue weighted by Gasteiger charge is 2.34. The third-order valence-corrected chi connectivity index (χ3v) is 4.48. The fraction of sp³-hybridized carbons (Fsp3) is 0.562. The Morgan fingerprint density at radius 3 is 2.76 bits per heavy atom. The smallest absolute Gasteiger partial charge is 0.241 e. The van der Waals surface area contributed by atoms with Gasteiger partial charge in [0.15, 0.2) is 0 Å². The predicted molar refractivity (Wildman–Crippen MR) is 85.5 cm³/mol. The van der Waals surface area contributed by atoms with Gasteiger partial charge in [-0.05, 0) is 50.6 Å². The number of nitrogens with zero attached hydrogens (tertiary/aromatic N) is 1. The summed E-state index contributed by atoms with van der Waals surface area (Å²) < 4.78 is 0. The summed E-state index contributed by atoms with van der Waals surface area (Å²) in [5.41, 5.74) is 0.644. The molecule has 2 N–H and O–H groups in total. The molecule has 1 fully saturated rings. The summed E-state index contributed by atoms with van der Waals surface area (Å²) in [6, 6.07) is 6.88. The molecule has 5 heteroatoms. The minimum Gasteiger partial charge on any atom is -0.396 e. The number of aliphatic hydroxyl groups is 1. The number of carbonyl (C=O) groups is 1. The van der Waals surface area contributed by atoms with Crippen LogP contribution in [-0.2, 0) is 4.79 Å². The fourth-order valence-corrected chi connectivity index (χ4v) is 2.89. The molecule has 1 aliphatic heterocycles. The highest BCUT2D eigenvalue weighted by atomic mass is 35.5. The molecule has 0 saturated carbocycles. The fourth-order valence-electron chi connectivity index (χ4n) is 2.76. The summed E-state index contributed by atoms with van der Waals surface area (Å²) in [7, 11) is 0. The van der Waals surface area contributed by atoms with E-state index in [1.165, 1.54) is 0 Å². The zero-order valence-electron chi connectivity index (χ0n) is 12.6. The van der Waals surface area contributed by atoms with E-state index in [1.807, 2.05) is 6.92 Å². The second kappa shape index (κ2) is 6.77. The summed E-state index contributed by atoms with van der Waals surface area (Å²) in [5, 5.41) is 13.1. The first-order valence-electron chi connectivity index (χ1n) is 7.35. The number of aliphatic hydroxyl groups excluding tert-OH is 1. The monoisotopic (exact) mass is 310 g/mol. The van der Waals surface area contributed by atoms with Crippen molar-refractivity contribution in [3.8, 4) is 0 Å². The molecule has 1 aliphatic rings. The molecule has 2 atom stereocenters. The molecule has 1 aromatic carbocycles. The van der Waals surface area contributed by atoms with Crippen LogP contribution in [0.3, 0.4) is 0 Å². The van der Waals surface area contributed by atoms with Gasteiger partial charge < -0.3 is 10.4 Å². The van der Waals surface area contributed by atoms with Crippen molar-refractivity contribution in [2.24, 2.45) is 5.41 Å². The maximum absolute atomic E-state index is 12.3. The van der Waals surface area contributed by atoms with Gasteiger partial charge in [0, 0.05) is 29.3 Å². The van der Waals surface area contributed by atoms with Crippen LogP contribution in [0, 0.1) is 5.41 Å². The molecule has 2 rings (SSSR count). The van der Waals surface area contributed by atoms with Gasteiger partial charge >= 0.3 is 0 Å². The lowest BCUT2D eigenvalue weighted by molar-refractivity contribution is -0.122. The number of likely N-dealkylation sites (tertiary alicyclic amines) is 1. The van der Waals surface area contributed by atoms with Gasteiger partial charge in [0.1, 0.15) is 0 Å². The van der Waals surface area contributed by atoms with Crippen molar-refractivity contribution < 1.29 is 9.90 Å². The van der Waals surface area contributed by atoms with E-state index in [1.54, 1.807) is 24.3 Å². The molecule has 1 heterocycles. The number of hydrogen-bond acceptors (Lipinski definition) is 3. The zero-order valence-corrected chi connectivity index (χ0v) is 13.4. The van der Waals surface area contributed by atoms with Crippen LogP contribution in [0.1, 0.15) is 26.7 Å². The Bertz CT molecular complexity index is 492. The van der Waals surface area contributed by atoms with Crippen molar-refractivity contribution in [2.75, 3.05) is 25.0 Å². The summed E-state index contributed by atoms with van der Waals surface area (Å²) in [6.45, 7) is 5.79. The van der Waals surface area contributed by atoms with E-state index in [0.717, 1.165) is 31.6 Å². The van der Waals surface area contributed by atoms with Crippen LogP contribution in [0.15, 0.2) is 24.3 Å². The predicted octanol–water partition coefficient (Wildman–Crippen LogP) is 2.76. The van der Waals surface area contributed by atoms with Crippen molar-refractivity contribution in [3.63, 3.8) is 0 Å². The number of anilines is 1. The van der Waals surface area contributed by atoms with Gasteiger partial charge in [-0.25, -0.2) is 0 Å². The number of nitrogens with one attached hydrogen (secondary N) is 1. The van der Waals surface area contributed by atoms with Gasteiger partial charge in [-0.2, -0.15) is 0 Å². The first-order valence-corrected chi connectivity index (χ1v) is 7.73. The standard InChI is InChI=1S/C16H23ClN2O2/c1-12(19-9-3-8-16(2,10-19)11-20)15(21)18-14-6-4-13(17)5-7-14/h4-7,12,20H,3,8-11H2,1-2H3,(H,18,21). The van der Waals surface area contributed by atoms with Crippen LogP contribution in [0.5, 0.6) is 0 Å². The van der Waals surface area contributed by atoms with Gasteiger partial charge in [-0.15, -0.1) is 0 Å². The number of hydrogen-bond donors (Lipinski definition) is 2. The highest BCUT2D eigenvalue weighted by molar-refractivity contribution is 6.30. The molecule has 0 bridgehead atoms. The van der Waals surface area contributed by atoms with E-state index in [9.17, 15) is 9.90 Å². The molecule has 2 unspecified atom stereocenters. The van der Waals surface area contributed by atoms with Crippen molar-refractivity contribution in [3.05, 3.63) is 29.3 Å². The Morgan fingerprint density at radius 2 is 2.14 bits per heavy atom. The summed E-state index contributed by atoms with van der Waals surface area (Å²) in [5.74, 6) is -0.0282. The molecule has 1 saturated heterocycles. The van der Waals surface area contributed by atoms with E-state index in [4.69, 9.17) is 11.6 Å². The highest BCUT2D eigenvalue weighted by Crippen LogP contribution is 2.29. The van der Waals surface area contributed by atoms with Crippen molar-refractivity contribution in [2.45, 2.75) is 32.7 Å². The summed E-state index contributed by atoms with van der Waals surface area (Å²) in [4.78, 5) is 14.5. The Labute approximate surface area is 131 Å². The number of carbonyl (C=O) groups excluding carboxylic acids is 1. The van der Waals surface area contributed by atoms with Gasteiger partial charge in [0.2, 0.25) is 5.91 Å². The Balaban J connectivity index is 1.97. The quantitative estimate of drug-likeness (QED) is 0.899. The Hall–Kier alpha value is -1.10. The molecule has 0 aromatic heterocycles. The number of halogens is 1. The maximum Gasteiger partial charge on any atom is 0.241 e. The van der Waals surface area contributed by atoms with Crippen LogP contribution in [0.2, 0.25) is 5.02 Å². The van der Waals surface area contributed by atoms with Crippen LogP contribution in [-0.4, -0.2) is 41.7 Å². The third-order valence-electron chi connectivity index (χ3n) is 4.23. The van der Waals surface area contributed by atoms with E-state index in [0.29, 0.717) is 5.02 Å². The van der Waals surface area contributed by atoms with Gasteiger partial charge in [-0.1, -0.05) is 18.5 Å². The summed E-state index contributed by atoms with van der Waals surface area (Å²) >= 11 is 5.84. The average molecular weight is 311 g/mol. The molecule has 0 radical (unpaired) electrons. The number of rotatable bonds is 4. The van der Waals surface area contributed by atoms with Crippen molar-refractivity contribution >= 4 is 23.2 Å². The third kappa shape index (κ3) is 4.19. The van der Waals surface area contributed by atoms with Crippen LogP contribution < -0.4 is 5.32 Å². The van der Waals surface area contributed by atoms with E-state index < -0.39 is 0 Å². The van der Waals surface area contributed by atoms with Gasteiger partial charge in [0.25, 0.3) is 0 Å². The van der Waals surface area contributed by atoms with Crippen molar-refractivity contribution in [1.82, 2.24) is 4.90 Å². The molecular formula is C16H23ClN2O2. The van der Waals surface area contributed by atoms with Crippen LogP contribution in [0.25, 0.3) is 0 Å². The van der Waals surface area contributed by atoms with E-state index in [2.05, 4.69) is 17.1 Å². The Morgan fingerprint density at radius 1 is 1.48 bits per heavy atom. The molecule has 4 nitrogen and oxygen atoms in total. The van der Waals surface area contributed by atoms with E-state index in [-0.39, 0.29) is 24.0 Å². The van der Waals surface area contributed by atoms with Crippen LogP contribution >= 0.6 is 11.6 Å². The minimum atomic E-state index is -0.216. The molecule has 0 spiro atoms. The van der Waals surface area contributed by atoms with E-state index >= 15 is 0 Å². The Kier molecular flexibility index (Phi) is 5.25. The lowest BCUT2D eigenvalue weighted by Gasteiger charge is -2.41. The first-order chi connectivity index (χ1) is 9.93. The maximum atomic E-state index is 12.3. The molecular weight excluding hydrogens is 288 g/mol.